The Hall–Kier alpha value is -2.80. The molecule has 1 aromatic carbocycles. The maximum absolute atomic E-state index is 12.3. The Bertz CT molecular complexity index is 750. The van der Waals surface area contributed by atoms with Crippen LogP contribution >= 0.6 is 0 Å². The Kier molecular flexibility index (Phi) is 6.13. The summed E-state index contributed by atoms with van der Waals surface area (Å²) >= 11 is 0. The van der Waals surface area contributed by atoms with E-state index >= 15 is 0 Å². The molecular formula is C20H26N4O3. The fourth-order valence-electron chi connectivity index (χ4n) is 3.06. The fraction of sp³-hybridized carbons (Fsp3) is 0.400. The van der Waals surface area contributed by atoms with E-state index < -0.39 is 0 Å². The zero-order chi connectivity index (χ0) is 19.2. The SMILES string of the molecule is CC(=O)N(CC(=O)Nc1ccc(N2CCN(C)CC2)cc1)Cc1ccco1. The van der Waals surface area contributed by atoms with Gasteiger partial charge in [0.05, 0.1) is 12.8 Å². The summed E-state index contributed by atoms with van der Waals surface area (Å²) < 4.78 is 5.26. The average Bonchev–Trinajstić information content (AvgIpc) is 3.15. The first-order valence-electron chi connectivity index (χ1n) is 9.12. The molecule has 144 valence electrons. The molecule has 2 heterocycles. The number of nitrogens with one attached hydrogen (secondary N) is 1. The second kappa shape index (κ2) is 8.73. The first-order valence-corrected chi connectivity index (χ1v) is 9.12. The van der Waals surface area contributed by atoms with Gasteiger partial charge in [0.1, 0.15) is 12.3 Å². The van der Waals surface area contributed by atoms with Gasteiger partial charge in [-0.1, -0.05) is 0 Å². The minimum Gasteiger partial charge on any atom is -0.467 e. The molecule has 7 heteroatoms. The molecule has 3 rings (SSSR count). The van der Waals surface area contributed by atoms with Crippen LogP contribution in [0.2, 0.25) is 0 Å². The van der Waals surface area contributed by atoms with E-state index in [0.717, 1.165) is 37.6 Å². The van der Waals surface area contributed by atoms with E-state index in [1.165, 1.54) is 11.8 Å². The maximum Gasteiger partial charge on any atom is 0.244 e. The molecule has 1 N–H and O–H groups in total. The number of nitrogens with zero attached hydrogens (tertiary/aromatic N) is 3. The van der Waals surface area contributed by atoms with Gasteiger partial charge in [0, 0.05) is 44.5 Å². The predicted molar refractivity (Wildman–Crippen MR) is 105 cm³/mol. The van der Waals surface area contributed by atoms with Crippen LogP contribution in [0.25, 0.3) is 0 Å². The van der Waals surface area contributed by atoms with Crippen LogP contribution in [-0.4, -0.2) is 61.4 Å². The summed E-state index contributed by atoms with van der Waals surface area (Å²) in [6, 6.07) is 11.4. The summed E-state index contributed by atoms with van der Waals surface area (Å²) in [5.74, 6) is 0.241. The van der Waals surface area contributed by atoms with Crippen LogP contribution in [0.15, 0.2) is 47.1 Å². The van der Waals surface area contributed by atoms with Crippen LogP contribution in [0.5, 0.6) is 0 Å². The molecule has 0 aliphatic carbocycles. The average molecular weight is 370 g/mol. The molecule has 1 fully saturated rings. The monoisotopic (exact) mass is 370 g/mol. The van der Waals surface area contributed by atoms with Gasteiger partial charge < -0.3 is 24.4 Å². The quantitative estimate of drug-likeness (QED) is 0.843. The van der Waals surface area contributed by atoms with Gasteiger partial charge in [-0.05, 0) is 43.4 Å². The van der Waals surface area contributed by atoms with Gasteiger partial charge in [0.2, 0.25) is 11.8 Å². The van der Waals surface area contributed by atoms with E-state index in [9.17, 15) is 9.59 Å². The first-order chi connectivity index (χ1) is 13.0. The lowest BCUT2D eigenvalue weighted by molar-refractivity contribution is -0.133. The molecule has 7 nitrogen and oxygen atoms in total. The highest BCUT2D eigenvalue weighted by atomic mass is 16.3. The second-order valence-corrected chi connectivity index (χ2v) is 6.84. The minimum absolute atomic E-state index is 0.0176. The number of amides is 2. The van der Waals surface area contributed by atoms with Crippen molar-refractivity contribution in [1.29, 1.82) is 0 Å². The zero-order valence-electron chi connectivity index (χ0n) is 15.9. The molecule has 0 bridgehead atoms. The van der Waals surface area contributed by atoms with Crippen molar-refractivity contribution < 1.29 is 14.0 Å². The topological polar surface area (TPSA) is 69.0 Å². The molecule has 1 aliphatic rings. The van der Waals surface area contributed by atoms with Crippen molar-refractivity contribution >= 4 is 23.2 Å². The van der Waals surface area contributed by atoms with Crippen LogP contribution in [0.1, 0.15) is 12.7 Å². The number of hydrogen-bond acceptors (Lipinski definition) is 5. The molecule has 0 saturated carbocycles. The van der Waals surface area contributed by atoms with E-state index in [4.69, 9.17) is 4.42 Å². The standard InChI is InChI=1S/C20H26N4O3/c1-16(25)24(14-19-4-3-13-27-19)15-20(26)21-17-5-7-18(8-6-17)23-11-9-22(2)10-12-23/h3-8,13H,9-12,14-15H2,1-2H3,(H,21,26). The van der Waals surface area contributed by atoms with Gasteiger partial charge >= 0.3 is 0 Å². The van der Waals surface area contributed by atoms with Gasteiger partial charge in [-0.3, -0.25) is 9.59 Å². The number of likely N-dealkylation sites (N-methyl/N-ethyl adjacent to an activating group) is 1. The number of carbonyl (C=O) groups is 2. The van der Waals surface area contributed by atoms with Crippen LogP contribution in [-0.2, 0) is 16.1 Å². The van der Waals surface area contributed by atoms with Gasteiger partial charge in [0.15, 0.2) is 0 Å². The Morgan fingerprint density at radius 3 is 2.41 bits per heavy atom. The van der Waals surface area contributed by atoms with Crippen molar-refractivity contribution in [2.24, 2.45) is 0 Å². The van der Waals surface area contributed by atoms with Crippen LogP contribution < -0.4 is 10.2 Å². The Morgan fingerprint density at radius 1 is 1.11 bits per heavy atom. The van der Waals surface area contributed by atoms with Crippen molar-refractivity contribution in [2.75, 3.05) is 50.0 Å². The van der Waals surface area contributed by atoms with E-state index in [1.54, 1.807) is 18.4 Å². The van der Waals surface area contributed by atoms with Gasteiger partial charge in [0.25, 0.3) is 0 Å². The molecule has 0 unspecified atom stereocenters. The first kappa shape index (κ1) is 19.0. The smallest absolute Gasteiger partial charge is 0.244 e. The predicted octanol–water partition coefficient (Wildman–Crippen LogP) is 2.02. The molecule has 0 atom stereocenters. The second-order valence-electron chi connectivity index (χ2n) is 6.84. The third-order valence-corrected chi connectivity index (χ3v) is 4.73. The number of furan rings is 1. The van der Waals surface area contributed by atoms with Gasteiger partial charge in [-0.25, -0.2) is 0 Å². The van der Waals surface area contributed by atoms with Crippen molar-refractivity contribution in [3.8, 4) is 0 Å². The molecule has 2 aromatic rings. The molecule has 1 aromatic heterocycles. The molecule has 1 aliphatic heterocycles. The number of hydrogen-bond donors (Lipinski definition) is 1. The summed E-state index contributed by atoms with van der Waals surface area (Å²) in [5, 5.41) is 2.85. The highest BCUT2D eigenvalue weighted by Crippen LogP contribution is 2.19. The fourth-order valence-corrected chi connectivity index (χ4v) is 3.06. The van der Waals surface area contributed by atoms with Crippen molar-refractivity contribution in [1.82, 2.24) is 9.80 Å². The number of benzene rings is 1. The molecular weight excluding hydrogens is 344 g/mol. The number of piperazine rings is 1. The van der Waals surface area contributed by atoms with Gasteiger partial charge in [-0.15, -0.1) is 0 Å². The number of rotatable bonds is 6. The van der Waals surface area contributed by atoms with Crippen LogP contribution in [0.3, 0.4) is 0 Å². The van der Waals surface area contributed by atoms with Crippen LogP contribution in [0, 0.1) is 0 Å². The lowest BCUT2D eigenvalue weighted by atomic mass is 10.2. The van der Waals surface area contributed by atoms with Crippen LogP contribution in [0.4, 0.5) is 11.4 Å². The Morgan fingerprint density at radius 2 is 1.81 bits per heavy atom. The zero-order valence-corrected chi connectivity index (χ0v) is 15.9. The highest BCUT2D eigenvalue weighted by molar-refractivity contribution is 5.94. The van der Waals surface area contributed by atoms with E-state index in [-0.39, 0.29) is 24.9 Å². The summed E-state index contributed by atoms with van der Waals surface area (Å²) in [4.78, 5) is 30.2. The summed E-state index contributed by atoms with van der Waals surface area (Å²) in [6.07, 6.45) is 1.55. The van der Waals surface area contributed by atoms with Crippen molar-refractivity contribution in [2.45, 2.75) is 13.5 Å². The minimum atomic E-state index is -0.232. The largest absolute Gasteiger partial charge is 0.467 e. The lowest BCUT2D eigenvalue weighted by Gasteiger charge is -2.34. The number of carbonyl (C=O) groups excluding carboxylic acids is 2. The van der Waals surface area contributed by atoms with Crippen molar-refractivity contribution in [3.05, 3.63) is 48.4 Å². The van der Waals surface area contributed by atoms with E-state index in [0.29, 0.717) is 5.76 Å². The lowest BCUT2D eigenvalue weighted by Crippen LogP contribution is -2.44. The third kappa shape index (κ3) is 5.34. The summed E-state index contributed by atoms with van der Waals surface area (Å²) in [5.41, 5.74) is 1.88. The Balaban J connectivity index is 1.54. The molecule has 0 radical (unpaired) electrons. The third-order valence-electron chi connectivity index (χ3n) is 4.73. The van der Waals surface area contributed by atoms with Gasteiger partial charge in [-0.2, -0.15) is 0 Å². The van der Waals surface area contributed by atoms with E-state index in [2.05, 4.69) is 22.2 Å². The molecule has 0 spiro atoms. The Labute approximate surface area is 159 Å². The normalized spacial score (nSPS) is 14.8. The molecule has 1 saturated heterocycles. The highest BCUT2D eigenvalue weighted by Gasteiger charge is 2.16. The van der Waals surface area contributed by atoms with E-state index in [1.807, 2.05) is 24.3 Å². The maximum atomic E-state index is 12.3. The number of anilines is 2. The van der Waals surface area contributed by atoms with Crippen molar-refractivity contribution in [3.63, 3.8) is 0 Å². The summed E-state index contributed by atoms with van der Waals surface area (Å²) in [7, 11) is 2.13. The summed E-state index contributed by atoms with van der Waals surface area (Å²) in [6.45, 7) is 5.81. The molecule has 27 heavy (non-hydrogen) atoms. The molecule has 2 amide bonds.